The van der Waals surface area contributed by atoms with Crippen LogP contribution in [0, 0.1) is 6.92 Å². The Balaban J connectivity index is 1.11. The molecule has 0 bridgehead atoms. The number of alkyl halides is 3. The standard InChI is InChI=1S/C32H37F3N6O10S/c1-20(2)48-31(44)49-22(4)50-41-40(51-41)38-17-5-6-25(38)19-47-30(43)16-15-29(42)37-52(45,46)26-13-11-24(12-14-26)39-27(18-28(36-39)32(33,34)35)23-9-7-21(3)8-10-23/h7-14,18,20,22,25H,5-6,15-17,19H2,1-4H3,(H,37,42)/t22?,25-,40?,41?/m0/s1. The third kappa shape index (κ3) is 9.68. The molecule has 1 N–H and O–H groups in total. The zero-order valence-electron chi connectivity index (χ0n) is 28.5. The van der Waals surface area contributed by atoms with E-state index in [0.29, 0.717) is 18.5 Å². The van der Waals surface area contributed by atoms with Gasteiger partial charge in [-0.05, 0) is 63.9 Å². The number of esters is 1. The normalized spacial score (nSPS) is 15.5. The molecule has 1 unspecified atom stereocenters. The van der Waals surface area contributed by atoms with Crippen molar-refractivity contribution in [1.82, 2.24) is 24.5 Å². The first-order chi connectivity index (χ1) is 24.5. The van der Waals surface area contributed by atoms with E-state index >= 15 is 0 Å². The van der Waals surface area contributed by atoms with E-state index in [1.54, 1.807) is 43.1 Å². The van der Waals surface area contributed by atoms with Gasteiger partial charge in [0.1, 0.15) is 11.6 Å². The van der Waals surface area contributed by atoms with Crippen LogP contribution in [-0.2, 0) is 40.0 Å². The summed E-state index contributed by atoms with van der Waals surface area (Å²) >= 11 is 0. The van der Waals surface area contributed by atoms with Gasteiger partial charge in [0.05, 0.1) is 39.8 Å². The average molecular weight is 755 g/mol. The van der Waals surface area contributed by atoms with Crippen molar-refractivity contribution in [3.8, 4) is 16.9 Å². The van der Waals surface area contributed by atoms with Crippen LogP contribution in [0.5, 0.6) is 0 Å². The van der Waals surface area contributed by atoms with Gasteiger partial charge in [0.2, 0.25) is 5.91 Å². The van der Waals surface area contributed by atoms with E-state index in [4.69, 9.17) is 23.7 Å². The van der Waals surface area contributed by atoms with Gasteiger partial charge < -0.3 is 19.0 Å². The molecule has 1 amide bonds. The number of hydrogen-bond donors (Lipinski definition) is 1. The zero-order valence-corrected chi connectivity index (χ0v) is 29.3. The molecule has 0 aliphatic carbocycles. The lowest BCUT2D eigenvalue weighted by Crippen LogP contribution is -2.41. The van der Waals surface area contributed by atoms with Crippen molar-refractivity contribution in [3.05, 3.63) is 65.9 Å². The number of nitrogens with zero attached hydrogens (tertiary/aromatic N) is 5. The summed E-state index contributed by atoms with van der Waals surface area (Å²) in [6.07, 6.45) is -6.54. The molecule has 0 saturated carbocycles. The highest BCUT2D eigenvalue weighted by Gasteiger charge is 2.36. The minimum Gasteiger partial charge on any atom is -0.463 e. The highest BCUT2D eigenvalue weighted by Crippen LogP contribution is 2.33. The molecule has 5 rings (SSSR count). The quantitative estimate of drug-likeness (QED) is 0.143. The van der Waals surface area contributed by atoms with Crippen molar-refractivity contribution < 1.29 is 59.6 Å². The van der Waals surface area contributed by atoms with Crippen molar-refractivity contribution in [2.75, 3.05) is 18.2 Å². The Morgan fingerprint density at radius 3 is 2.37 bits per heavy atom. The Morgan fingerprint density at radius 2 is 1.71 bits per heavy atom. The second-order valence-corrected chi connectivity index (χ2v) is 13.8. The van der Waals surface area contributed by atoms with E-state index in [9.17, 15) is 36.0 Å². The summed E-state index contributed by atoms with van der Waals surface area (Å²) < 4.78 is 89.8. The number of hydrogen-bond acceptors (Lipinski definition) is 12. The maximum Gasteiger partial charge on any atom is 0.511 e. The first-order valence-corrected chi connectivity index (χ1v) is 17.6. The van der Waals surface area contributed by atoms with Gasteiger partial charge in [-0.3, -0.25) is 14.6 Å². The van der Waals surface area contributed by atoms with Gasteiger partial charge >= 0.3 is 18.3 Å². The Hall–Kier alpha value is -5.40. The highest BCUT2D eigenvalue weighted by molar-refractivity contribution is 7.90. The summed E-state index contributed by atoms with van der Waals surface area (Å²) in [5.74, 6) is -1.71. The van der Waals surface area contributed by atoms with Crippen LogP contribution in [0.3, 0.4) is 0 Å². The van der Waals surface area contributed by atoms with E-state index in [1.165, 1.54) is 24.0 Å². The third-order valence-electron chi connectivity index (χ3n) is 7.64. The number of carbonyl (C=O) groups excluding carboxylic acids is 3. The molecule has 2 atom stereocenters. The fourth-order valence-electron chi connectivity index (χ4n) is 5.12. The van der Waals surface area contributed by atoms with E-state index in [2.05, 4.69) is 5.10 Å². The number of ether oxygens (including phenoxy) is 3. The molecule has 3 heterocycles. The Kier molecular flexibility index (Phi) is 11.3. The van der Waals surface area contributed by atoms with Gasteiger partial charge in [0.25, 0.3) is 16.3 Å². The zero-order chi connectivity index (χ0) is 37.8. The molecule has 1 aliphatic rings. The van der Waals surface area contributed by atoms with E-state index in [-0.39, 0.29) is 35.0 Å². The number of rotatable bonds is 14. The molecule has 1 saturated heterocycles. The summed E-state index contributed by atoms with van der Waals surface area (Å²) in [5, 5.41) is 6.41. The van der Waals surface area contributed by atoms with Gasteiger partial charge in [0, 0.05) is 25.5 Å². The number of aromatic nitrogens is 4. The molecule has 2 aromatic heterocycles. The van der Waals surface area contributed by atoms with Gasteiger partial charge in [-0.2, -0.15) is 22.9 Å². The molecular formula is C32H37F3N6O10S. The van der Waals surface area contributed by atoms with Crippen molar-refractivity contribution in [2.45, 2.75) is 82.9 Å². The van der Waals surface area contributed by atoms with Gasteiger partial charge in [-0.15, -0.1) is 0 Å². The fourth-order valence-corrected chi connectivity index (χ4v) is 6.13. The lowest BCUT2D eigenvalue weighted by molar-refractivity contribution is -0.145. The molecule has 16 nitrogen and oxygen atoms in total. The SMILES string of the molecule is Cc1ccc(-c2cc(C(F)(F)F)nn2-c2ccc(S(=O)(=O)NC(=O)CCC(=O)OC[C@@H]3CCCN3n3on3OC(C)OC(=O)OC(C)C)cc2)cc1. The van der Waals surface area contributed by atoms with Crippen LogP contribution in [0.4, 0.5) is 18.0 Å². The summed E-state index contributed by atoms with van der Waals surface area (Å²) in [6, 6.07) is 12.2. The van der Waals surface area contributed by atoms with Crippen LogP contribution in [-0.4, -0.2) is 77.8 Å². The number of halogens is 3. The Bertz CT molecular complexity index is 1960. The molecule has 282 valence electrons. The van der Waals surface area contributed by atoms with Crippen molar-refractivity contribution in [3.63, 3.8) is 0 Å². The van der Waals surface area contributed by atoms with Crippen molar-refractivity contribution >= 4 is 28.1 Å². The predicted molar refractivity (Wildman–Crippen MR) is 174 cm³/mol. The van der Waals surface area contributed by atoms with Crippen molar-refractivity contribution in [1.29, 1.82) is 0 Å². The molecule has 0 radical (unpaired) electrons. The Labute approximate surface area is 295 Å². The maximum atomic E-state index is 13.5. The first kappa shape index (κ1) is 37.8. The summed E-state index contributed by atoms with van der Waals surface area (Å²) in [7, 11) is -4.39. The largest absolute Gasteiger partial charge is 0.511 e. The molecule has 52 heavy (non-hydrogen) atoms. The highest BCUT2D eigenvalue weighted by atomic mass is 32.2. The van der Waals surface area contributed by atoms with Gasteiger partial charge in [0.15, 0.2) is 5.69 Å². The molecular weight excluding hydrogens is 717 g/mol. The van der Waals surface area contributed by atoms with Crippen LogP contribution in [0.2, 0.25) is 0 Å². The molecule has 4 aromatic rings. The van der Waals surface area contributed by atoms with Crippen LogP contribution >= 0.6 is 0 Å². The topological polar surface area (TPSA) is 178 Å². The summed E-state index contributed by atoms with van der Waals surface area (Å²) in [6.45, 7) is 7.12. The number of amides is 1. The second kappa shape index (κ2) is 15.5. The lowest BCUT2D eigenvalue weighted by atomic mass is 10.1. The molecule has 2 aromatic carbocycles. The van der Waals surface area contributed by atoms with Gasteiger partial charge in [-0.25, -0.2) is 22.6 Å². The van der Waals surface area contributed by atoms with Crippen LogP contribution in [0.1, 0.15) is 57.7 Å². The fraction of sp³-hybridized carbons (Fsp3) is 0.438. The second-order valence-electron chi connectivity index (χ2n) is 12.1. The lowest BCUT2D eigenvalue weighted by Gasteiger charge is -2.20. The molecule has 1 aliphatic heterocycles. The van der Waals surface area contributed by atoms with Crippen LogP contribution in [0.25, 0.3) is 16.9 Å². The minimum atomic E-state index is -4.72. The minimum absolute atomic E-state index is 0.0576. The maximum absolute atomic E-state index is 13.5. The average Bonchev–Trinajstić information content (AvgIpc) is 3.42. The smallest absolute Gasteiger partial charge is 0.463 e. The Morgan fingerprint density at radius 1 is 1.02 bits per heavy atom. The first-order valence-electron chi connectivity index (χ1n) is 16.1. The predicted octanol–water partition coefficient (Wildman–Crippen LogP) is 4.33. The van der Waals surface area contributed by atoms with Crippen LogP contribution < -0.4 is 14.6 Å². The molecule has 1 fully saturated rings. The number of aryl methyl sites for hydroxylation is 1. The van der Waals surface area contributed by atoms with E-state index < -0.39 is 59.1 Å². The monoisotopic (exact) mass is 754 g/mol. The number of benzene rings is 2. The van der Waals surface area contributed by atoms with E-state index in [0.717, 1.165) is 39.9 Å². The van der Waals surface area contributed by atoms with Crippen molar-refractivity contribution in [2.24, 2.45) is 0 Å². The van der Waals surface area contributed by atoms with Gasteiger partial charge in [-0.1, -0.05) is 29.8 Å². The molecule has 20 heteroatoms. The summed E-state index contributed by atoms with van der Waals surface area (Å²) in [5.41, 5.74) is 0.537. The molecule has 0 spiro atoms. The third-order valence-corrected chi connectivity index (χ3v) is 9.03. The summed E-state index contributed by atoms with van der Waals surface area (Å²) in [4.78, 5) is 42.8. The van der Waals surface area contributed by atoms with Crippen LogP contribution in [0.15, 0.2) is 64.1 Å². The number of carbonyl (C=O) groups is 3. The van der Waals surface area contributed by atoms with E-state index in [1.807, 2.05) is 11.6 Å². The number of nitrogens with one attached hydrogen (secondary N) is 1. The number of sulfonamides is 1.